The lowest BCUT2D eigenvalue weighted by Gasteiger charge is -2.09. The molecular weight excluding hydrogens is 224 g/mol. The Morgan fingerprint density at radius 2 is 2.18 bits per heavy atom. The molecule has 0 spiro atoms. The van der Waals surface area contributed by atoms with Crippen molar-refractivity contribution in [2.45, 2.75) is 12.5 Å². The molecule has 17 heavy (non-hydrogen) atoms. The van der Waals surface area contributed by atoms with Gasteiger partial charge in [-0.1, -0.05) is 0 Å². The number of nitrogens with zero attached hydrogens (tertiary/aromatic N) is 2. The monoisotopic (exact) mass is 238 g/mol. The third-order valence-electron chi connectivity index (χ3n) is 2.45. The molecule has 2 rings (SSSR count). The van der Waals surface area contributed by atoms with Gasteiger partial charge in [0.25, 0.3) is 5.56 Å². The maximum absolute atomic E-state index is 11.5. The van der Waals surface area contributed by atoms with Gasteiger partial charge in [-0.05, 0) is 0 Å². The molecule has 6 N–H and O–H groups in total. The average Bonchev–Trinajstić information content (AvgIpc) is 2.68. The predicted molar refractivity (Wildman–Crippen MR) is 62.5 cm³/mol. The van der Waals surface area contributed by atoms with E-state index in [1.807, 2.05) is 0 Å². The van der Waals surface area contributed by atoms with Gasteiger partial charge in [0.1, 0.15) is 5.82 Å². The second-order valence-corrected chi connectivity index (χ2v) is 3.63. The number of nitrogens with two attached hydrogens (primary N) is 2. The number of hydrogen-bond donors (Lipinski definition) is 4. The van der Waals surface area contributed by atoms with Gasteiger partial charge in [0.2, 0.25) is 5.95 Å². The van der Waals surface area contributed by atoms with Crippen LogP contribution in [-0.2, 0) is 11.2 Å². The van der Waals surface area contributed by atoms with Crippen molar-refractivity contribution in [3.05, 3.63) is 16.2 Å². The van der Waals surface area contributed by atoms with Crippen LogP contribution in [0.1, 0.15) is 5.82 Å². The molecule has 92 valence electrons. The predicted octanol–water partition coefficient (Wildman–Crippen LogP) is -1.26. The summed E-state index contributed by atoms with van der Waals surface area (Å²) in [7, 11) is 1.57. The standard InChI is InChI=1S/C9H14N6O2/c1-17-4(3-10)2-5-12-6-7(13-5)14-9(11)15-8(6)16/h4H,2-3,10H2,1H3,(H4,11,12,13,14,15,16). The summed E-state index contributed by atoms with van der Waals surface area (Å²) < 4.78 is 5.14. The summed E-state index contributed by atoms with van der Waals surface area (Å²) in [5.41, 5.74) is 11.2. The Morgan fingerprint density at radius 3 is 2.82 bits per heavy atom. The number of fused-ring (bicyclic) bond motifs is 1. The number of nitrogens with one attached hydrogen (secondary N) is 2. The molecule has 2 aromatic rings. The fourth-order valence-electron chi connectivity index (χ4n) is 1.55. The molecular formula is C9H14N6O2. The van der Waals surface area contributed by atoms with Crippen molar-refractivity contribution in [1.82, 2.24) is 19.9 Å². The average molecular weight is 238 g/mol. The molecule has 0 saturated carbocycles. The molecule has 0 aliphatic heterocycles. The van der Waals surface area contributed by atoms with Crippen LogP contribution < -0.4 is 17.0 Å². The number of aromatic nitrogens is 4. The molecule has 0 fully saturated rings. The van der Waals surface area contributed by atoms with Crippen molar-refractivity contribution in [1.29, 1.82) is 0 Å². The Hall–Kier alpha value is -1.93. The van der Waals surface area contributed by atoms with E-state index in [-0.39, 0.29) is 17.6 Å². The number of imidazole rings is 1. The van der Waals surface area contributed by atoms with Gasteiger partial charge < -0.3 is 21.2 Å². The summed E-state index contributed by atoms with van der Waals surface area (Å²) >= 11 is 0. The summed E-state index contributed by atoms with van der Waals surface area (Å²) in [6.07, 6.45) is 0.342. The van der Waals surface area contributed by atoms with Gasteiger partial charge in [0.15, 0.2) is 11.2 Å². The highest BCUT2D eigenvalue weighted by Crippen LogP contribution is 2.07. The van der Waals surface area contributed by atoms with Gasteiger partial charge >= 0.3 is 0 Å². The van der Waals surface area contributed by atoms with E-state index in [2.05, 4.69) is 19.9 Å². The zero-order valence-electron chi connectivity index (χ0n) is 9.36. The fraction of sp³-hybridized carbons (Fsp3) is 0.444. The van der Waals surface area contributed by atoms with E-state index in [1.165, 1.54) is 0 Å². The maximum atomic E-state index is 11.5. The SMILES string of the molecule is COC(CN)Cc1nc2nc(N)[nH]c(=O)c2[nH]1. The number of ether oxygens (including phenoxy) is 1. The van der Waals surface area contributed by atoms with Crippen LogP contribution in [0, 0.1) is 0 Å². The zero-order valence-corrected chi connectivity index (χ0v) is 9.36. The minimum absolute atomic E-state index is 0.0441. The second kappa shape index (κ2) is 4.52. The summed E-state index contributed by atoms with van der Waals surface area (Å²) in [4.78, 5) is 24.9. The van der Waals surface area contributed by atoms with Crippen molar-refractivity contribution in [2.75, 3.05) is 19.4 Å². The van der Waals surface area contributed by atoms with Crippen LogP contribution in [0.4, 0.5) is 5.95 Å². The number of nitrogen functional groups attached to an aromatic ring is 1. The number of H-pyrrole nitrogens is 2. The lowest BCUT2D eigenvalue weighted by Crippen LogP contribution is -2.25. The molecule has 0 amide bonds. The largest absolute Gasteiger partial charge is 0.380 e. The smallest absolute Gasteiger partial charge is 0.278 e. The van der Waals surface area contributed by atoms with Crippen LogP contribution in [0.25, 0.3) is 11.2 Å². The normalized spacial score (nSPS) is 13.1. The Morgan fingerprint density at radius 1 is 1.41 bits per heavy atom. The summed E-state index contributed by atoms with van der Waals surface area (Å²) in [6, 6.07) is 0. The van der Waals surface area contributed by atoms with E-state index >= 15 is 0 Å². The first-order valence-corrected chi connectivity index (χ1v) is 5.11. The molecule has 2 heterocycles. The van der Waals surface area contributed by atoms with Crippen LogP contribution in [0.15, 0.2) is 4.79 Å². The van der Waals surface area contributed by atoms with Crippen molar-refractivity contribution < 1.29 is 4.74 Å². The Kier molecular flexibility index (Phi) is 3.07. The highest BCUT2D eigenvalue weighted by atomic mass is 16.5. The Bertz CT molecular complexity index is 570. The summed E-state index contributed by atoms with van der Waals surface area (Å²) in [5.74, 6) is 0.642. The van der Waals surface area contributed by atoms with E-state index in [1.54, 1.807) is 7.11 Å². The second-order valence-electron chi connectivity index (χ2n) is 3.63. The molecule has 1 atom stereocenters. The lowest BCUT2D eigenvalue weighted by molar-refractivity contribution is 0.108. The molecule has 0 aliphatic rings. The van der Waals surface area contributed by atoms with Gasteiger partial charge in [-0.15, -0.1) is 0 Å². The van der Waals surface area contributed by atoms with Gasteiger partial charge in [-0.3, -0.25) is 9.78 Å². The van der Waals surface area contributed by atoms with Gasteiger partial charge in [0, 0.05) is 20.1 Å². The van der Waals surface area contributed by atoms with E-state index in [0.29, 0.717) is 30.0 Å². The van der Waals surface area contributed by atoms with Crippen LogP contribution in [-0.4, -0.2) is 39.7 Å². The van der Waals surface area contributed by atoms with Crippen molar-refractivity contribution in [2.24, 2.45) is 5.73 Å². The molecule has 0 radical (unpaired) electrons. The third kappa shape index (κ3) is 2.27. The van der Waals surface area contributed by atoms with Gasteiger partial charge in [0.05, 0.1) is 6.10 Å². The first-order chi connectivity index (χ1) is 8.13. The van der Waals surface area contributed by atoms with E-state index < -0.39 is 0 Å². The molecule has 2 aromatic heterocycles. The third-order valence-corrected chi connectivity index (χ3v) is 2.45. The van der Waals surface area contributed by atoms with Crippen molar-refractivity contribution in [3.63, 3.8) is 0 Å². The minimum atomic E-state index is -0.340. The van der Waals surface area contributed by atoms with Crippen LogP contribution in [0.2, 0.25) is 0 Å². The minimum Gasteiger partial charge on any atom is -0.380 e. The number of rotatable bonds is 4. The number of methoxy groups -OCH3 is 1. The maximum Gasteiger partial charge on any atom is 0.278 e. The fourth-order valence-corrected chi connectivity index (χ4v) is 1.55. The first-order valence-electron chi connectivity index (χ1n) is 5.11. The van der Waals surface area contributed by atoms with Crippen molar-refractivity contribution in [3.8, 4) is 0 Å². The zero-order chi connectivity index (χ0) is 12.4. The summed E-state index contributed by atoms with van der Waals surface area (Å²) in [5, 5.41) is 0. The quantitative estimate of drug-likeness (QED) is 0.525. The molecule has 1 unspecified atom stereocenters. The van der Waals surface area contributed by atoms with Crippen LogP contribution in [0.3, 0.4) is 0 Å². The Labute approximate surface area is 96.4 Å². The molecule has 8 nitrogen and oxygen atoms in total. The van der Waals surface area contributed by atoms with E-state index in [4.69, 9.17) is 16.2 Å². The highest BCUT2D eigenvalue weighted by Gasteiger charge is 2.12. The van der Waals surface area contributed by atoms with Crippen molar-refractivity contribution >= 4 is 17.1 Å². The lowest BCUT2D eigenvalue weighted by atomic mass is 10.2. The van der Waals surface area contributed by atoms with Crippen LogP contribution in [0.5, 0.6) is 0 Å². The van der Waals surface area contributed by atoms with E-state index in [9.17, 15) is 4.79 Å². The number of anilines is 1. The number of hydrogen-bond acceptors (Lipinski definition) is 6. The van der Waals surface area contributed by atoms with Gasteiger partial charge in [-0.25, -0.2) is 4.98 Å². The first kappa shape index (κ1) is 11.6. The van der Waals surface area contributed by atoms with E-state index in [0.717, 1.165) is 0 Å². The molecule has 8 heteroatoms. The number of aromatic amines is 2. The topological polar surface area (TPSA) is 136 Å². The molecule has 0 saturated heterocycles. The Balaban J connectivity index is 2.38. The summed E-state index contributed by atoms with van der Waals surface area (Å²) in [6.45, 7) is 0.374. The van der Waals surface area contributed by atoms with Crippen LogP contribution >= 0.6 is 0 Å². The molecule has 0 aromatic carbocycles. The van der Waals surface area contributed by atoms with Gasteiger partial charge in [-0.2, -0.15) is 4.98 Å². The highest BCUT2D eigenvalue weighted by molar-refractivity contribution is 5.70. The molecule has 0 aliphatic carbocycles. The molecule has 0 bridgehead atoms.